The summed E-state index contributed by atoms with van der Waals surface area (Å²) in [5.74, 6) is 4.01. The van der Waals surface area contributed by atoms with Crippen molar-refractivity contribution in [3.63, 3.8) is 0 Å². The standard InChI is InChI=1S/C8H10N4O2/c9-5-7(13)12(10)8(14)6-1-3-11-4-2-6/h1-4H,5,9-10H2. The van der Waals surface area contributed by atoms with Crippen molar-refractivity contribution in [1.82, 2.24) is 9.99 Å². The van der Waals surface area contributed by atoms with E-state index in [9.17, 15) is 9.59 Å². The van der Waals surface area contributed by atoms with Gasteiger partial charge in [-0.3, -0.25) is 14.6 Å². The fourth-order valence-corrected chi connectivity index (χ4v) is 0.845. The van der Waals surface area contributed by atoms with Crippen molar-refractivity contribution in [2.24, 2.45) is 11.6 Å². The highest BCUT2D eigenvalue weighted by Crippen LogP contribution is 1.99. The van der Waals surface area contributed by atoms with Crippen molar-refractivity contribution in [2.75, 3.05) is 6.54 Å². The Morgan fingerprint density at radius 3 is 2.43 bits per heavy atom. The quantitative estimate of drug-likeness (QED) is 0.353. The molecule has 0 saturated heterocycles. The van der Waals surface area contributed by atoms with E-state index < -0.39 is 11.8 Å². The average Bonchev–Trinajstić information content (AvgIpc) is 2.27. The maximum absolute atomic E-state index is 11.4. The fraction of sp³-hybridized carbons (Fsp3) is 0.125. The minimum absolute atomic E-state index is 0.296. The Morgan fingerprint density at radius 2 is 1.93 bits per heavy atom. The molecule has 0 aliphatic heterocycles. The van der Waals surface area contributed by atoms with E-state index in [1.807, 2.05) is 0 Å². The number of nitrogens with zero attached hydrogens (tertiary/aromatic N) is 2. The number of aromatic nitrogens is 1. The van der Waals surface area contributed by atoms with Crippen molar-refractivity contribution < 1.29 is 9.59 Å². The van der Waals surface area contributed by atoms with Crippen LogP contribution in [0.4, 0.5) is 0 Å². The Kier molecular flexibility index (Phi) is 3.27. The van der Waals surface area contributed by atoms with Crippen LogP contribution in [0.25, 0.3) is 0 Å². The van der Waals surface area contributed by atoms with E-state index in [1.165, 1.54) is 24.5 Å². The van der Waals surface area contributed by atoms with Crippen LogP contribution >= 0.6 is 0 Å². The number of nitrogens with two attached hydrogens (primary N) is 2. The van der Waals surface area contributed by atoms with Gasteiger partial charge in [-0.15, -0.1) is 0 Å². The summed E-state index contributed by atoms with van der Waals surface area (Å²) in [5.41, 5.74) is 5.35. The van der Waals surface area contributed by atoms with Gasteiger partial charge in [-0.1, -0.05) is 0 Å². The second-order valence-corrected chi connectivity index (χ2v) is 2.51. The van der Waals surface area contributed by atoms with Gasteiger partial charge in [-0.2, -0.15) is 0 Å². The Labute approximate surface area is 80.5 Å². The predicted molar refractivity (Wildman–Crippen MR) is 48.7 cm³/mol. The van der Waals surface area contributed by atoms with E-state index in [2.05, 4.69) is 4.98 Å². The van der Waals surface area contributed by atoms with E-state index in [0.717, 1.165) is 0 Å². The SMILES string of the molecule is NCC(=O)N(N)C(=O)c1ccncc1. The second-order valence-electron chi connectivity index (χ2n) is 2.51. The zero-order valence-electron chi connectivity index (χ0n) is 7.38. The van der Waals surface area contributed by atoms with Gasteiger partial charge in [-0.05, 0) is 12.1 Å². The highest BCUT2D eigenvalue weighted by atomic mass is 16.2. The molecular formula is C8H10N4O2. The largest absolute Gasteiger partial charge is 0.322 e. The molecule has 0 aliphatic rings. The first-order valence-electron chi connectivity index (χ1n) is 3.89. The second kappa shape index (κ2) is 4.45. The Morgan fingerprint density at radius 1 is 1.36 bits per heavy atom. The number of carbonyl (C=O) groups is 2. The number of amides is 2. The molecule has 74 valence electrons. The average molecular weight is 194 g/mol. The first-order chi connectivity index (χ1) is 6.66. The van der Waals surface area contributed by atoms with Crippen molar-refractivity contribution in [1.29, 1.82) is 0 Å². The van der Waals surface area contributed by atoms with Crippen molar-refractivity contribution in [3.05, 3.63) is 30.1 Å². The molecule has 6 nitrogen and oxygen atoms in total. The van der Waals surface area contributed by atoms with Crippen LogP contribution in [0, 0.1) is 0 Å². The molecule has 0 unspecified atom stereocenters. The summed E-state index contributed by atoms with van der Waals surface area (Å²) >= 11 is 0. The van der Waals surface area contributed by atoms with E-state index in [0.29, 0.717) is 10.6 Å². The molecule has 0 bridgehead atoms. The summed E-state index contributed by atoms with van der Waals surface area (Å²) in [7, 11) is 0. The molecule has 0 saturated carbocycles. The van der Waals surface area contributed by atoms with E-state index in [4.69, 9.17) is 11.6 Å². The van der Waals surface area contributed by atoms with Crippen LogP contribution in [0.2, 0.25) is 0 Å². The van der Waals surface area contributed by atoms with Crippen LogP contribution in [0.3, 0.4) is 0 Å². The maximum atomic E-state index is 11.4. The van der Waals surface area contributed by atoms with Gasteiger partial charge >= 0.3 is 0 Å². The number of hydrazine groups is 1. The lowest BCUT2D eigenvalue weighted by atomic mass is 10.2. The van der Waals surface area contributed by atoms with Crippen LogP contribution in [0.5, 0.6) is 0 Å². The minimum Gasteiger partial charge on any atom is -0.322 e. The fourth-order valence-electron chi connectivity index (χ4n) is 0.845. The first-order valence-corrected chi connectivity index (χ1v) is 3.89. The van der Waals surface area contributed by atoms with Crippen molar-refractivity contribution in [2.45, 2.75) is 0 Å². The van der Waals surface area contributed by atoms with Crippen LogP contribution in [-0.4, -0.2) is 28.4 Å². The van der Waals surface area contributed by atoms with Gasteiger partial charge in [-0.25, -0.2) is 10.9 Å². The number of rotatable bonds is 2. The number of carbonyl (C=O) groups excluding carboxylic acids is 2. The van der Waals surface area contributed by atoms with Crippen LogP contribution in [0.15, 0.2) is 24.5 Å². The lowest BCUT2D eigenvalue weighted by molar-refractivity contribution is -0.127. The molecule has 0 aromatic carbocycles. The Balaban J connectivity index is 2.81. The monoisotopic (exact) mass is 194 g/mol. The van der Waals surface area contributed by atoms with Gasteiger partial charge in [0.05, 0.1) is 6.54 Å². The van der Waals surface area contributed by atoms with Crippen molar-refractivity contribution >= 4 is 11.8 Å². The maximum Gasteiger partial charge on any atom is 0.275 e. The number of pyridine rings is 1. The molecule has 1 aromatic rings. The lowest BCUT2D eigenvalue weighted by Gasteiger charge is -2.12. The van der Waals surface area contributed by atoms with Gasteiger partial charge in [0.2, 0.25) is 0 Å². The molecule has 14 heavy (non-hydrogen) atoms. The molecule has 1 aromatic heterocycles. The highest BCUT2D eigenvalue weighted by molar-refractivity contribution is 6.04. The van der Waals surface area contributed by atoms with Gasteiger partial charge < -0.3 is 5.73 Å². The van der Waals surface area contributed by atoms with E-state index >= 15 is 0 Å². The van der Waals surface area contributed by atoms with Crippen LogP contribution in [-0.2, 0) is 4.79 Å². The van der Waals surface area contributed by atoms with Gasteiger partial charge in [0.1, 0.15) is 0 Å². The van der Waals surface area contributed by atoms with Gasteiger partial charge in [0.25, 0.3) is 11.8 Å². The topological polar surface area (TPSA) is 102 Å². The van der Waals surface area contributed by atoms with Crippen molar-refractivity contribution in [3.8, 4) is 0 Å². The normalized spacial score (nSPS) is 9.57. The zero-order chi connectivity index (χ0) is 10.6. The zero-order valence-corrected chi connectivity index (χ0v) is 7.38. The molecule has 4 N–H and O–H groups in total. The van der Waals surface area contributed by atoms with Crippen LogP contribution in [0.1, 0.15) is 10.4 Å². The van der Waals surface area contributed by atoms with E-state index in [1.54, 1.807) is 0 Å². The summed E-state index contributed by atoms with van der Waals surface area (Å²) < 4.78 is 0. The predicted octanol–water partition coefficient (Wildman–Crippen LogP) is -1.12. The molecule has 0 atom stereocenters. The molecule has 0 aliphatic carbocycles. The Hall–Kier alpha value is -1.79. The summed E-state index contributed by atoms with van der Waals surface area (Å²) in [6.45, 7) is -0.298. The smallest absolute Gasteiger partial charge is 0.275 e. The third-order valence-electron chi connectivity index (χ3n) is 1.59. The van der Waals surface area contributed by atoms with E-state index in [-0.39, 0.29) is 6.54 Å². The molecule has 1 rings (SSSR count). The molecular weight excluding hydrogens is 184 g/mol. The molecule has 0 fully saturated rings. The molecule has 6 heteroatoms. The summed E-state index contributed by atoms with van der Waals surface area (Å²) in [6.07, 6.45) is 2.88. The minimum atomic E-state index is -0.633. The lowest BCUT2D eigenvalue weighted by Crippen LogP contribution is -2.45. The molecule has 2 amide bonds. The Bertz CT molecular complexity index is 338. The van der Waals surface area contributed by atoms with Gasteiger partial charge in [0.15, 0.2) is 0 Å². The summed E-state index contributed by atoms with van der Waals surface area (Å²) in [4.78, 5) is 26.1. The summed E-state index contributed by atoms with van der Waals surface area (Å²) in [5, 5.41) is 0.495. The molecule has 1 heterocycles. The first kappa shape index (κ1) is 10.3. The number of hydrogen-bond acceptors (Lipinski definition) is 5. The molecule has 0 radical (unpaired) electrons. The third kappa shape index (κ3) is 2.12. The summed E-state index contributed by atoms with van der Waals surface area (Å²) in [6, 6.07) is 2.93. The molecule has 0 spiro atoms. The number of imide groups is 1. The number of hydrogen-bond donors (Lipinski definition) is 2. The van der Waals surface area contributed by atoms with Crippen LogP contribution < -0.4 is 11.6 Å². The third-order valence-corrected chi connectivity index (χ3v) is 1.59. The van der Waals surface area contributed by atoms with Gasteiger partial charge in [0, 0.05) is 18.0 Å². The highest BCUT2D eigenvalue weighted by Gasteiger charge is 2.17.